The summed E-state index contributed by atoms with van der Waals surface area (Å²) >= 11 is 5.59. The Labute approximate surface area is 82.8 Å². The molecule has 0 aromatic carbocycles. The third-order valence-electron chi connectivity index (χ3n) is 1.71. The minimum Gasteiger partial charge on any atom is -0.385 e. The van der Waals surface area contributed by atoms with Crippen molar-refractivity contribution >= 4 is 11.6 Å². The lowest BCUT2D eigenvalue weighted by Crippen LogP contribution is -2.00. The number of hydrogen-bond donors (Lipinski definition) is 0. The number of alkyl halides is 1. The van der Waals surface area contributed by atoms with E-state index in [1.54, 1.807) is 7.11 Å². The summed E-state index contributed by atoms with van der Waals surface area (Å²) in [6.07, 6.45) is 3.98. The van der Waals surface area contributed by atoms with Crippen LogP contribution < -0.4 is 0 Å². The molecule has 0 fully saturated rings. The Morgan fingerprint density at radius 1 is 1.54 bits per heavy atom. The number of hydrogen-bond acceptors (Lipinski definition) is 3. The van der Waals surface area contributed by atoms with E-state index in [9.17, 15) is 0 Å². The summed E-state index contributed by atoms with van der Waals surface area (Å²) in [6.45, 7) is 1.68. The molecule has 74 valence electrons. The summed E-state index contributed by atoms with van der Waals surface area (Å²) in [6, 6.07) is 0. The third kappa shape index (κ3) is 3.74. The predicted octanol–water partition coefficient (Wildman–Crippen LogP) is 1.44. The topological polar surface area (TPSA) is 39.9 Å². The molecular weight excluding hydrogens is 190 g/mol. The zero-order valence-electron chi connectivity index (χ0n) is 7.74. The van der Waals surface area contributed by atoms with Gasteiger partial charge in [-0.15, -0.1) is 16.7 Å². The van der Waals surface area contributed by atoms with Gasteiger partial charge in [-0.1, -0.05) is 5.21 Å². The SMILES string of the molecule is COCCCCn1cc(CCl)nn1. The predicted molar refractivity (Wildman–Crippen MR) is 50.7 cm³/mol. The van der Waals surface area contributed by atoms with Gasteiger partial charge in [0.15, 0.2) is 0 Å². The van der Waals surface area contributed by atoms with Gasteiger partial charge in [0.05, 0.1) is 11.6 Å². The van der Waals surface area contributed by atoms with Crippen LogP contribution in [0.2, 0.25) is 0 Å². The fraction of sp³-hybridized carbons (Fsp3) is 0.750. The molecule has 0 spiro atoms. The average molecular weight is 204 g/mol. The van der Waals surface area contributed by atoms with Gasteiger partial charge in [-0.05, 0) is 12.8 Å². The quantitative estimate of drug-likeness (QED) is 0.519. The average Bonchev–Trinajstić information content (AvgIpc) is 2.60. The van der Waals surface area contributed by atoms with Crippen molar-refractivity contribution in [1.29, 1.82) is 0 Å². The van der Waals surface area contributed by atoms with Crippen LogP contribution in [0.25, 0.3) is 0 Å². The van der Waals surface area contributed by atoms with Gasteiger partial charge in [0.1, 0.15) is 0 Å². The first kappa shape index (κ1) is 10.5. The smallest absolute Gasteiger partial charge is 0.0974 e. The second-order valence-corrected chi connectivity index (χ2v) is 3.07. The first-order valence-electron chi connectivity index (χ1n) is 4.30. The first-order valence-corrected chi connectivity index (χ1v) is 4.84. The van der Waals surface area contributed by atoms with E-state index in [1.807, 2.05) is 10.9 Å². The van der Waals surface area contributed by atoms with Gasteiger partial charge in [-0.3, -0.25) is 4.68 Å². The number of aromatic nitrogens is 3. The Balaban J connectivity index is 2.20. The highest BCUT2D eigenvalue weighted by Gasteiger charge is 1.97. The summed E-state index contributed by atoms with van der Waals surface area (Å²) in [5, 5.41) is 7.81. The number of halogens is 1. The molecule has 0 saturated heterocycles. The summed E-state index contributed by atoms with van der Waals surface area (Å²) in [5.41, 5.74) is 0.827. The van der Waals surface area contributed by atoms with Gasteiger partial charge in [-0.2, -0.15) is 0 Å². The van der Waals surface area contributed by atoms with Gasteiger partial charge in [0.2, 0.25) is 0 Å². The second kappa shape index (κ2) is 5.94. The molecule has 0 aliphatic carbocycles. The van der Waals surface area contributed by atoms with Crippen molar-refractivity contribution < 1.29 is 4.74 Å². The summed E-state index contributed by atoms with van der Waals surface area (Å²) < 4.78 is 6.75. The van der Waals surface area contributed by atoms with Crippen molar-refractivity contribution in [3.63, 3.8) is 0 Å². The first-order chi connectivity index (χ1) is 6.36. The maximum absolute atomic E-state index is 5.59. The largest absolute Gasteiger partial charge is 0.385 e. The lowest BCUT2D eigenvalue weighted by molar-refractivity contribution is 0.191. The summed E-state index contributed by atoms with van der Waals surface area (Å²) in [5.74, 6) is 0.429. The summed E-state index contributed by atoms with van der Waals surface area (Å²) in [7, 11) is 1.71. The normalized spacial score (nSPS) is 10.6. The van der Waals surface area contributed by atoms with E-state index in [1.165, 1.54) is 0 Å². The fourth-order valence-corrected chi connectivity index (χ4v) is 1.15. The minimum absolute atomic E-state index is 0.429. The molecule has 0 bridgehead atoms. The van der Waals surface area contributed by atoms with E-state index in [0.29, 0.717) is 5.88 Å². The second-order valence-electron chi connectivity index (χ2n) is 2.81. The molecule has 0 amide bonds. The molecule has 13 heavy (non-hydrogen) atoms. The standard InChI is InChI=1S/C8H14ClN3O/c1-13-5-3-2-4-12-7-8(6-9)10-11-12/h7H,2-6H2,1H3. The summed E-state index contributed by atoms with van der Waals surface area (Å²) in [4.78, 5) is 0. The van der Waals surface area contributed by atoms with Crippen molar-refractivity contribution in [1.82, 2.24) is 15.0 Å². The van der Waals surface area contributed by atoms with Crippen LogP contribution in [0, 0.1) is 0 Å². The lowest BCUT2D eigenvalue weighted by Gasteiger charge is -1.99. The number of ether oxygens (including phenoxy) is 1. The molecule has 0 aliphatic heterocycles. The molecule has 1 heterocycles. The van der Waals surface area contributed by atoms with Gasteiger partial charge >= 0.3 is 0 Å². The zero-order chi connectivity index (χ0) is 9.52. The molecule has 1 rings (SSSR count). The van der Waals surface area contributed by atoms with Gasteiger partial charge in [-0.25, -0.2) is 0 Å². The Kier molecular flexibility index (Phi) is 4.78. The third-order valence-corrected chi connectivity index (χ3v) is 1.98. The number of rotatable bonds is 6. The molecule has 0 saturated carbocycles. The molecule has 1 aromatic heterocycles. The van der Waals surface area contributed by atoms with E-state index in [0.717, 1.165) is 31.7 Å². The van der Waals surface area contributed by atoms with Crippen molar-refractivity contribution in [2.24, 2.45) is 0 Å². The Bertz CT molecular complexity index is 239. The van der Waals surface area contributed by atoms with Crippen LogP contribution in [0.4, 0.5) is 0 Å². The number of methoxy groups -OCH3 is 1. The molecular formula is C8H14ClN3O. The van der Waals surface area contributed by atoms with E-state index in [-0.39, 0.29) is 0 Å². The molecule has 0 radical (unpaired) electrons. The van der Waals surface area contributed by atoms with Crippen LogP contribution >= 0.6 is 11.6 Å². The Morgan fingerprint density at radius 3 is 3.00 bits per heavy atom. The van der Waals surface area contributed by atoms with Crippen molar-refractivity contribution in [2.45, 2.75) is 25.3 Å². The van der Waals surface area contributed by atoms with Crippen molar-refractivity contribution in [3.8, 4) is 0 Å². The van der Waals surface area contributed by atoms with E-state index < -0.39 is 0 Å². The number of unbranched alkanes of at least 4 members (excludes halogenated alkanes) is 1. The van der Waals surface area contributed by atoms with E-state index >= 15 is 0 Å². The van der Waals surface area contributed by atoms with Crippen LogP contribution in [0.3, 0.4) is 0 Å². The molecule has 0 atom stereocenters. The molecule has 0 N–H and O–H groups in total. The maximum atomic E-state index is 5.59. The number of aryl methyl sites for hydroxylation is 1. The highest BCUT2D eigenvalue weighted by molar-refractivity contribution is 6.16. The van der Waals surface area contributed by atoms with Gasteiger partial charge in [0, 0.05) is 26.5 Å². The van der Waals surface area contributed by atoms with Crippen molar-refractivity contribution in [2.75, 3.05) is 13.7 Å². The van der Waals surface area contributed by atoms with Gasteiger partial charge in [0.25, 0.3) is 0 Å². The number of nitrogens with zero attached hydrogens (tertiary/aromatic N) is 3. The maximum Gasteiger partial charge on any atom is 0.0974 e. The van der Waals surface area contributed by atoms with Crippen LogP contribution in [0.15, 0.2) is 6.20 Å². The zero-order valence-corrected chi connectivity index (χ0v) is 8.50. The highest BCUT2D eigenvalue weighted by Crippen LogP contribution is 1.99. The minimum atomic E-state index is 0.429. The van der Waals surface area contributed by atoms with Crippen LogP contribution in [-0.2, 0) is 17.2 Å². The van der Waals surface area contributed by atoms with E-state index in [2.05, 4.69) is 10.3 Å². The lowest BCUT2D eigenvalue weighted by atomic mass is 10.3. The van der Waals surface area contributed by atoms with Crippen molar-refractivity contribution in [3.05, 3.63) is 11.9 Å². The highest BCUT2D eigenvalue weighted by atomic mass is 35.5. The van der Waals surface area contributed by atoms with Gasteiger partial charge < -0.3 is 4.74 Å². The van der Waals surface area contributed by atoms with Crippen LogP contribution in [0.1, 0.15) is 18.5 Å². The Morgan fingerprint density at radius 2 is 2.38 bits per heavy atom. The monoisotopic (exact) mass is 203 g/mol. The molecule has 0 unspecified atom stereocenters. The fourth-order valence-electron chi connectivity index (χ4n) is 1.03. The molecule has 0 aliphatic rings. The molecule has 4 nitrogen and oxygen atoms in total. The van der Waals surface area contributed by atoms with Crippen LogP contribution in [0.5, 0.6) is 0 Å². The van der Waals surface area contributed by atoms with E-state index in [4.69, 9.17) is 16.3 Å². The molecule has 1 aromatic rings. The molecule has 5 heteroatoms. The Hall–Kier alpha value is -0.610. The van der Waals surface area contributed by atoms with Crippen LogP contribution in [-0.4, -0.2) is 28.7 Å².